The normalized spacial score (nSPS) is 11.8. The fraction of sp³-hybridized carbons (Fsp3) is 0.435. The van der Waals surface area contributed by atoms with Crippen molar-refractivity contribution in [2.75, 3.05) is 27.4 Å². The van der Waals surface area contributed by atoms with Crippen molar-refractivity contribution in [1.82, 2.24) is 5.32 Å². The standard InChI is InChI=1S/C23H30N2O6/c1-6-16-7-9-17(10-8-16)22(15(2)3)24-23(26)18-13-20(30-5)21(31-12-11-29-4)14-19(18)25(27)28/h7-10,13-15,22H,6,11-12H2,1-5H3,(H,24,26). The van der Waals surface area contributed by atoms with Crippen LogP contribution < -0.4 is 14.8 Å². The molecule has 1 unspecified atom stereocenters. The zero-order valence-electron chi connectivity index (χ0n) is 18.6. The molecule has 0 saturated carbocycles. The van der Waals surface area contributed by atoms with E-state index in [-0.39, 0.29) is 41.3 Å². The van der Waals surface area contributed by atoms with Crippen LogP contribution in [0.2, 0.25) is 0 Å². The Hall–Kier alpha value is -3.13. The third-order valence-electron chi connectivity index (χ3n) is 4.97. The van der Waals surface area contributed by atoms with Gasteiger partial charge in [0.2, 0.25) is 0 Å². The quantitative estimate of drug-likeness (QED) is 0.324. The molecular weight excluding hydrogens is 400 g/mol. The Morgan fingerprint density at radius 2 is 1.77 bits per heavy atom. The summed E-state index contributed by atoms with van der Waals surface area (Å²) in [7, 11) is 2.94. The van der Waals surface area contributed by atoms with Gasteiger partial charge in [0, 0.05) is 13.2 Å². The molecule has 0 aliphatic heterocycles. The summed E-state index contributed by atoms with van der Waals surface area (Å²) >= 11 is 0. The maximum atomic E-state index is 13.1. The molecule has 0 aromatic heterocycles. The second-order valence-corrected chi connectivity index (χ2v) is 7.41. The van der Waals surface area contributed by atoms with Gasteiger partial charge in [-0.15, -0.1) is 0 Å². The lowest BCUT2D eigenvalue weighted by molar-refractivity contribution is -0.385. The molecule has 2 aromatic rings. The fourth-order valence-corrected chi connectivity index (χ4v) is 3.20. The summed E-state index contributed by atoms with van der Waals surface area (Å²) < 4.78 is 15.7. The molecule has 168 valence electrons. The van der Waals surface area contributed by atoms with E-state index in [1.165, 1.54) is 31.9 Å². The summed E-state index contributed by atoms with van der Waals surface area (Å²) in [6.45, 7) is 6.55. The summed E-state index contributed by atoms with van der Waals surface area (Å²) in [5.74, 6) is -0.0562. The molecule has 1 atom stereocenters. The molecule has 0 aliphatic carbocycles. The highest BCUT2D eigenvalue weighted by Gasteiger charge is 2.27. The first-order valence-electron chi connectivity index (χ1n) is 10.2. The summed E-state index contributed by atoms with van der Waals surface area (Å²) in [5, 5.41) is 14.6. The number of amides is 1. The van der Waals surface area contributed by atoms with Crippen molar-refractivity contribution in [1.29, 1.82) is 0 Å². The Morgan fingerprint density at radius 3 is 2.29 bits per heavy atom. The maximum absolute atomic E-state index is 13.1. The van der Waals surface area contributed by atoms with Gasteiger partial charge in [-0.2, -0.15) is 0 Å². The van der Waals surface area contributed by atoms with Crippen molar-refractivity contribution < 1.29 is 23.9 Å². The van der Waals surface area contributed by atoms with Crippen LogP contribution in [-0.4, -0.2) is 38.3 Å². The van der Waals surface area contributed by atoms with Gasteiger partial charge in [0.15, 0.2) is 11.5 Å². The molecule has 0 bridgehead atoms. The number of rotatable bonds is 11. The van der Waals surface area contributed by atoms with Crippen LogP contribution in [0.5, 0.6) is 11.5 Å². The number of aryl methyl sites for hydroxylation is 1. The van der Waals surface area contributed by atoms with E-state index in [4.69, 9.17) is 14.2 Å². The molecule has 0 aliphatic rings. The van der Waals surface area contributed by atoms with Crippen LogP contribution >= 0.6 is 0 Å². The number of hydrogen-bond donors (Lipinski definition) is 1. The summed E-state index contributed by atoms with van der Waals surface area (Å²) in [5.41, 5.74) is 1.70. The average Bonchev–Trinajstić information content (AvgIpc) is 2.76. The van der Waals surface area contributed by atoms with Gasteiger partial charge in [-0.05, 0) is 23.5 Å². The number of carbonyl (C=O) groups excluding carboxylic acids is 1. The van der Waals surface area contributed by atoms with Gasteiger partial charge in [-0.25, -0.2) is 0 Å². The van der Waals surface area contributed by atoms with Gasteiger partial charge in [0.25, 0.3) is 11.6 Å². The second kappa shape index (κ2) is 11.3. The van der Waals surface area contributed by atoms with E-state index >= 15 is 0 Å². The van der Waals surface area contributed by atoms with Crippen LogP contribution in [0.4, 0.5) is 5.69 Å². The van der Waals surface area contributed by atoms with E-state index in [1.807, 2.05) is 38.1 Å². The molecule has 0 fully saturated rings. The Balaban J connectivity index is 2.37. The molecule has 0 spiro atoms. The van der Waals surface area contributed by atoms with E-state index in [9.17, 15) is 14.9 Å². The number of nitro groups is 1. The highest BCUT2D eigenvalue weighted by molar-refractivity contribution is 5.99. The van der Waals surface area contributed by atoms with Gasteiger partial charge >= 0.3 is 0 Å². The minimum atomic E-state index is -0.599. The van der Waals surface area contributed by atoms with Crippen LogP contribution in [0, 0.1) is 16.0 Å². The van der Waals surface area contributed by atoms with Crippen LogP contribution in [-0.2, 0) is 11.2 Å². The number of nitrogens with one attached hydrogen (secondary N) is 1. The predicted molar refractivity (Wildman–Crippen MR) is 118 cm³/mol. The molecule has 2 rings (SSSR count). The zero-order valence-corrected chi connectivity index (χ0v) is 18.6. The minimum Gasteiger partial charge on any atom is -0.493 e. The topological polar surface area (TPSA) is 99.9 Å². The van der Waals surface area contributed by atoms with E-state index in [2.05, 4.69) is 12.2 Å². The van der Waals surface area contributed by atoms with Crippen molar-refractivity contribution in [3.63, 3.8) is 0 Å². The zero-order chi connectivity index (χ0) is 23.0. The number of benzene rings is 2. The Morgan fingerprint density at radius 1 is 1.10 bits per heavy atom. The van der Waals surface area contributed by atoms with Gasteiger partial charge in [0.05, 0.1) is 30.7 Å². The Kier molecular flexibility index (Phi) is 8.81. The first-order valence-corrected chi connectivity index (χ1v) is 10.2. The van der Waals surface area contributed by atoms with Crippen molar-refractivity contribution in [3.8, 4) is 11.5 Å². The first-order chi connectivity index (χ1) is 14.8. The lowest BCUT2D eigenvalue weighted by atomic mass is 9.94. The number of nitrogens with zero attached hydrogens (tertiary/aromatic N) is 1. The van der Waals surface area contributed by atoms with Gasteiger partial charge in [-0.1, -0.05) is 45.0 Å². The fourth-order valence-electron chi connectivity index (χ4n) is 3.20. The maximum Gasteiger partial charge on any atom is 0.286 e. The third-order valence-corrected chi connectivity index (χ3v) is 4.97. The van der Waals surface area contributed by atoms with Crippen molar-refractivity contribution in [2.45, 2.75) is 33.2 Å². The van der Waals surface area contributed by atoms with E-state index in [0.717, 1.165) is 12.0 Å². The smallest absolute Gasteiger partial charge is 0.286 e. The third kappa shape index (κ3) is 6.18. The van der Waals surface area contributed by atoms with Crippen LogP contribution in [0.15, 0.2) is 36.4 Å². The van der Waals surface area contributed by atoms with Crippen LogP contribution in [0.25, 0.3) is 0 Å². The van der Waals surface area contributed by atoms with E-state index < -0.39 is 10.8 Å². The summed E-state index contributed by atoms with van der Waals surface area (Å²) in [6.07, 6.45) is 0.920. The number of ether oxygens (including phenoxy) is 3. The number of hydrogen-bond acceptors (Lipinski definition) is 6. The lowest BCUT2D eigenvalue weighted by Gasteiger charge is -2.23. The largest absolute Gasteiger partial charge is 0.493 e. The Labute approximate surface area is 182 Å². The highest BCUT2D eigenvalue weighted by atomic mass is 16.6. The predicted octanol–water partition coefficient (Wildman–Crippen LogP) is 4.32. The molecule has 2 aromatic carbocycles. The van der Waals surface area contributed by atoms with Crippen LogP contribution in [0.3, 0.4) is 0 Å². The van der Waals surface area contributed by atoms with Crippen molar-refractivity contribution in [3.05, 3.63) is 63.2 Å². The monoisotopic (exact) mass is 430 g/mol. The first kappa shape index (κ1) is 24.1. The molecule has 8 heteroatoms. The molecule has 1 N–H and O–H groups in total. The average molecular weight is 431 g/mol. The number of nitro benzene ring substituents is 1. The molecule has 8 nitrogen and oxygen atoms in total. The van der Waals surface area contributed by atoms with Crippen LogP contribution in [0.1, 0.15) is 48.3 Å². The van der Waals surface area contributed by atoms with Crippen molar-refractivity contribution >= 4 is 11.6 Å². The van der Waals surface area contributed by atoms with Crippen molar-refractivity contribution in [2.24, 2.45) is 5.92 Å². The second-order valence-electron chi connectivity index (χ2n) is 7.41. The lowest BCUT2D eigenvalue weighted by Crippen LogP contribution is -2.32. The Bertz CT molecular complexity index is 896. The number of carbonyl (C=O) groups is 1. The molecule has 1 amide bonds. The highest BCUT2D eigenvalue weighted by Crippen LogP contribution is 2.35. The molecule has 0 heterocycles. The van der Waals surface area contributed by atoms with Gasteiger partial charge < -0.3 is 19.5 Å². The SMILES string of the molecule is CCc1ccc(C(NC(=O)c2cc(OC)c(OCCOC)cc2[N+](=O)[O-])C(C)C)cc1. The van der Waals surface area contributed by atoms with E-state index in [1.54, 1.807) is 0 Å². The molecule has 31 heavy (non-hydrogen) atoms. The minimum absolute atomic E-state index is 0.0778. The number of methoxy groups -OCH3 is 2. The molecular formula is C23H30N2O6. The van der Waals surface area contributed by atoms with Gasteiger partial charge in [-0.3, -0.25) is 14.9 Å². The molecule has 0 radical (unpaired) electrons. The molecule has 0 saturated heterocycles. The van der Waals surface area contributed by atoms with E-state index in [0.29, 0.717) is 6.61 Å². The summed E-state index contributed by atoms with van der Waals surface area (Å²) in [4.78, 5) is 24.2. The van der Waals surface area contributed by atoms with Gasteiger partial charge in [0.1, 0.15) is 12.2 Å². The summed E-state index contributed by atoms with van der Waals surface area (Å²) in [6, 6.07) is 10.2.